The molecule has 0 heterocycles. The molecule has 0 spiro atoms. The third kappa shape index (κ3) is 2.89. The van der Waals surface area contributed by atoms with Crippen molar-refractivity contribution in [2.75, 3.05) is 20.0 Å². The van der Waals surface area contributed by atoms with E-state index in [0.717, 1.165) is 11.3 Å². The molecule has 1 unspecified atom stereocenters. The van der Waals surface area contributed by atoms with Crippen LogP contribution >= 0.6 is 11.6 Å². The number of halogens is 1. The second-order valence-electron chi connectivity index (χ2n) is 4.15. The number of methoxy groups -OCH3 is 1. The van der Waals surface area contributed by atoms with Gasteiger partial charge in [0.2, 0.25) is 0 Å². The van der Waals surface area contributed by atoms with E-state index in [1.54, 1.807) is 7.11 Å². The highest BCUT2D eigenvalue weighted by Crippen LogP contribution is 2.29. The molecule has 90 valence electrons. The standard InChI is InChI=1S/C13H20ClNO/c1-9(2)10-5-6-11(12(8-14)15-3)13(7-10)16-4/h5-7,9,12,15H,8H2,1-4H3. The molecule has 0 saturated heterocycles. The summed E-state index contributed by atoms with van der Waals surface area (Å²) >= 11 is 5.92. The van der Waals surface area contributed by atoms with Gasteiger partial charge in [0.15, 0.2) is 0 Å². The largest absolute Gasteiger partial charge is 0.496 e. The highest BCUT2D eigenvalue weighted by Gasteiger charge is 2.14. The second-order valence-corrected chi connectivity index (χ2v) is 4.46. The highest BCUT2D eigenvalue weighted by atomic mass is 35.5. The van der Waals surface area contributed by atoms with Crippen molar-refractivity contribution in [1.82, 2.24) is 5.32 Å². The molecule has 0 fully saturated rings. The summed E-state index contributed by atoms with van der Waals surface area (Å²) in [5, 5.41) is 3.18. The first kappa shape index (κ1) is 13.3. The maximum absolute atomic E-state index is 5.92. The van der Waals surface area contributed by atoms with E-state index in [1.807, 2.05) is 7.05 Å². The van der Waals surface area contributed by atoms with Gasteiger partial charge in [-0.1, -0.05) is 26.0 Å². The van der Waals surface area contributed by atoms with Crippen molar-refractivity contribution in [3.05, 3.63) is 29.3 Å². The van der Waals surface area contributed by atoms with Crippen molar-refractivity contribution < 1.29 is 4.74 Å². The molecule has 0 aliphatic rings. The number of alkyl halides is 1. The van der Waals surface area contributed by atoms with E-state index in [1.165, 1.54) is 5.56 Å². The van der Waals surface area contributed by atoms with Crippen molar-refractivity contribution in [2.24, 2.45) is 0 Å². The van der Waals surface area contributed by atoms with Crippen LogP contribution in [0.2, 0.25) is 0 Å². The fraction of sp³-hybridized carbons (Fsp3) is 0.538. The van der Waals surface area contributed by atoms with Crippen molar-refractivity contribution >= 4 is 11.6 Å². The number of benzene rings is 1. The first-order chi connectivity index (χ1) is 7.63. The summed E-state index contributed by atoms with van der Waals surface area (Å²) in [4.78, 5) is 0. The minimum atomic E-state index is 0.137. The van der Waals surface area contributed by atoms with Crippen LogP contribution < -0.4 is 10.1 Å². The second kappa shape index (κ2) is 6.12. The first-order valence-electron chi connectivity index (χ1n) is 5.55. The number of nitrogens with one attached hydrogen (secondary N) is 1. The summed E-state index contributed by atoms with van der Waals surface area (Å²) in [6.45, 7) is 4.34. The molecule has 1 N–H and O–H groups in total. The number of rotatable bonds is 5. The molecule has 16 heavy (non-hydrogen) atoms. The molecule has 1 aromatic carbocycles. The maximum atomic E-state index is 5.92. The van der Waals surface area contributed by atoms with Crippen LogP contribution in [0.5, 0.6) is 5.75 Å². The van der Waals surface area contributed by atoms with Gasteiger partial charge in [-0.15, -0.1) is 11.6 Å². The lowest BCUT2D eigenvalue weighted by Crippen LogP contribution is -2.18. The molecular weight excluding hydrogens is 222 g/mol. The minimum Gasteiger partial charge on any atom is -0.496 e. The monoisotopic (exact) mass is 241 g/mol. The zero-order valence-corrected chi connectivity index (χ0v) is 11.1. The summed E-state index contributed by atoms with van der Waals surface area (Å²) in [7, 11) is 3.60. The van der Waals surface area contributed by atoms with Crippen LogP contribution in [-0.2, 0) is 0 Å². The van der Waals surface area contributed by atoms with E-state index in [4.69, 9.17) is 16.3 Å². The zero-order chi connectivity index (χ0) is 12.1. The molecule has 0 bridgehead atoms. The predicted molar refractivity (Wildman–Crippen MR) is 69.6 cm³/mol. The quantitative estimate of drug-likeness (QED) is 0.799. The summed E-state index contributed by atoms with van der Waals surface area (Å²) in [5.41, 5.74) is 2.40. The zero-order valence-electron chi connectivity index (χ0n) is 10.4. The lowest BCUT2D eigenvalue weighted by atomic mass is 9.98. The molecule has 0 aliphatic carbocycles. The Labute approximate surface area is 103 Å². The van der Waals surface area contributed by atoms with Gasteiger partial charge in [0.05, 0.1) is 7.11 Å². The number of ether oxygens (including phenoxy) is 1. The van der Waals surface area contributed by atoms with Crippen LogP contribution in [-0.4, -0.2) is 20.0 Å². The van der Waals surface area contributed by atoms with Gasteiger partial charge in [-0.25, -0.2) is 0 Å². The van der Waals surface area contributed by atoms with Crippen LogP contribution in [0.25, 0.3) is 0 Å². The summed E-state index contributed by atoms with van der Waals surface area (Å²) < 4.78 is 5.42. The molecule has 1 atom stereocenters. The van der Waals surface area contributed by atoms with Gasteiger partial charge in [-0.2, -0.15) is 0 Å². The molecule has 0 radical (unpaired) electrons. The Hall–Kier alpha value is -0.730. The molecule has 0 saturated carbocycles. The van der Waals surface area contributed by atoms with Crippen molar-refractivity contribution in [2.45, 2.75) is 25.8 Å². The Kier molecular flexibility index (Phi) is 5.10. The molecule has 0 aliphatic heterocycles. The van der Waals surface area contributed by atoms with Gasteiger partial charge in [-0.05, 0) is 24.6 Å². The maximum Gasteiger partial charge on any atom is 0.123 e. The molecule has 1 aromatic rings. The minimum absolute atomic E-state index is 0.137. The van der Waals surface area contributed by atoms with Crippen LogP contribution in [0.15, 0.2) is 18.2 Å². The fourth-order valence-corrected chi connectivity index (χ4v) is 2.01. The van der Waals surface area contributed by atoms with Crippen molar-refractivity contribution in [3.8, 4) is 5.75 Å². The smallest absolute Gasteiger partial charge is 0.123 e. The van der Waals surface area contributed by atoms with Crippen LogP contribution in [0.3, 0.4) is 0 Å². The SMILES string of the molecule is CNC(CCl)c1ccc(C(C)C)cc1OC. The van der Waals surface area contributed by atoms with E-state index < -0.39 is 0 Å². The summed E-state index contributed by atoms with van der Waals surface area (Å²) in [5.74, 6) is 1.95. The Balaban J connectivity index is 3.10. The van der Waals surface area contributed by atoms with Gasteiger partial charge in [0.1, 0.15) is 5.75 Å². The van der Waals surface area contributed by atoms with Gasteiger partial charge in [0.25, 0.3) is 0 Å². The van der Waals surface area contributed by atoms with E-state index in [0.29, 0.717) is 11.8 Å². The molecule has 2 nitrogen and oxygen atoms in total. The van der Waals surface area contributed by atoms with E-state index in [2.05, 4.69) is 37.4 Å². The van der Waals surface area contributed by atoms with Gasteiger partial charge in [-0.3, -0.25) is 0 Å². The van der Waals surface area contributed by atoms with Gasteiger partial charge >= 0.3 is 0 Å². The lowest BCUT2D eigenvalue weighted by molar-refractivity contribution is 0.403. The predicted octanol–water partition coefficient (Wildman–Crippen LogP) is 3.32. The average molecular weight is 242 g/mol. The Morgan fingerprint density at radius 1 is 1.38 bits per heavy atom. The van der Waals surface area contributed by atoms with Crippen molar-refractivity contribution in [3.63, 3.8) is 0 Å². The number of hydrogen-bond acceptors (Lipinski definition) is 2. The summed E-state index contributed by atoms with van der Waals surface area (Å²) in [6, 6.07) is 6.46. The number of hydrogen-bond donors (Lipinski definition) is 1. The van der Waals surface area contributed by atoms with E-state index >= 15 is 0 Å². The normalized spacial score (nSPS) is 12.9. The summed E-state index contributed by atoms with van der Waals surface area (Å²) in [6.07, 6.45) is 0. The highest BCUT2D eigenvalue weighted by molar-refractivity contribution is 6.18. The Morgan fingerprint density at radius 2 is 2.06 bits per heavy atom. The molecule has 1 rings (SSSR count). The lowest BCUT2D eigenvalue weighted by Gasteiger charge is -2.18. The van der Waals surface area contributed by atoms with Gasteiger partial charge in [0, 0.05) is 17.5 Å². The fourth-order valence-electron chi connectivity index (χ4n) is 1.69. The van der Waals surface area contributed by atoms with Gasteiger partial charge < -0.3 is 10.1 Å². The average Bonchev–Trinajstić information content (AvgIpc) is 2.30. The topological polar surface area (TPSA) is 21.3 Å². The van der Waals surface area contributed by atoms with Crippen LogP contribution in [0.4, 0.5) is 0 Å². The van der Waals surface area contributed by atoms with Crippen molar-refractivity contribution in [1.29, 1.82) is 0 Å². The third-order valence-electron chi connectivity index (χ3n) is 2.80. The Morgan fingerprint density at radius 3 is 2.50 bits per heavy atom. The molecular formula is C13H20ClNO. The van der Waals surface area contributed by atoms with E-state index in [9.17, 15) is 0 Å². The van der Waals surface area contributed by atoms with E-state index in [-0.39, 0.29) is 6.04 Å². The molecule has 0 aromatic heterocycles. The van der Waals surface area contributed by atoms with Crippen LogP contribution in [0, 0.1) is 0 Å². The van der Waals surface area contributed by atoms with Crippen LogP contribution in [0.1, 0.15) is 36.9 Å². The first-order valence-corrected chi connectivity index (χ1v) is 6.08. The Bertz CT molecular complexity index is 335. The molecule has 0 amide bonds. The molecule has 3 heteroatoms. The third-order valence-corrected chi connectivity index (χ3v) is 3.11.